The minimum atomic E-state index is -0.387. The zero-order chi connectivity index (χ0) is 16.7. The van der Waals surface area contributed by atoms with Gasteiger partial charge < -0.3 is 16.4 Å². The van der Waals surface area contributed by atoms with E-state index in [0.29, 0.717) is 28.1 Å². The molecule has 130 valence electrons. The summed E-state index contributed by atoms with van der Waals surface area (Å²) in [6.45, 7) is 4.36. The second-order valence-electron chi connectivity index (χ2n) is 5.44. The normalized spacial score (nSPS) is 11.6. The summed E-state index contributed by atoms with van der Waals surface area (Å²) >= 11 is 11.6. The Morgan fingerprint density at radius 3 is 2.39 bits per heavy atom. The second kappa shape index (κ2) is 10.7. The molecule has 0 aliphatic carbocycles. The highest BCUT2D eigenvalue weighted by molar-refractivity contribution is 6.42. The fourth-order valence-electron chi connectivity index (χ4n) is 1.96. The van der Waals surface area contributed by atoms with Crippen molar-refractivity contribution in [3.05, 3.63) is 33.8 Å². The van der Waals surface area contributed by atoms with Crippen molar-refractivity contribution in [1.29, 1.82) is 0 Å². The number of carbonyl (C=O) groups is 2. The molecule has 5 nitrogen and oxygen atoms in total. The Morgan fingerprint density at radius 2 is 1.87 bits per heavy atom. The Kier molecular flexibility index (Phi) is 10.2. The van der Waals surface area contributed by atoms with Crippen molar-refractivity contribution in [1.82, 2.24) is 10.6 Å². The van der Waals surface area contributed by atoms with E-state index in [4.69, 9.17) is 28.9 Å². The lowest BCUT2D eigenvalue weighted by Crippen LogP contribution is -2.45. The minimum Gasteiger partial charge on any atom is -0.351 e. The Hall–Kier alpha value is -1.01. The molecule has 0 radical (unpaired) electrons. The van der Waals surface area contributed by atoms with Crippen LogP contribution in [0.15, 0.2) is 18.2 Å². The lowest BCUT2D eigenvalue weighted by molar-refractivity contribution is -0.120. The number of hydrogen-bond acceptors (Lipinski definition) is 3. The van der Waals surface area contributed by atoms with E-state index in [1.165, 1.54) is 12.1 Å². The Balaban J connectivity index is 0.00000484. The van der Waals surface area contributed by atoms with E-state index in [9.17, 15) is 9.59 Å². The van der Waals surface area contributed by atoms with E-state index in [0.717, 1.165) is 6.42 Å². The van der Waals surface area contributed by atoms with Gasteiger partial charge >= 0.3 is 0 Å². The van der Waals surface area contributed by atoms with Gasteiger partial charge in [0.1, 0.15) is 0 Å². The number of hydrogen-bond donors (Lipinski definition) is 3. The van der Waals surface area contributed by atoms with Crippen molar-refractivity contribution in [2.24, 2.45) is 11.7 Å². The Morgan fingerprint density at radius 1 is 1.22 bits per heavy atom. The van der Waals surface area contributed by atoms with Crippen LogP contribution >= 0.6 is 35.6 Å². The maximum atomic E-state index is 11.9. The quantitative estimate of drug-likeness (QED) is 0.678. The van der Waals surface area contributed by atoms with Gasteiger partial charge in [-0.05, 0) is 30.5 Å². The van der Waals surface area contributed by atoms with Crippen LogP contribution in [0.5, 0.6) is 0 Å². The molecule has 1 rings (SSSR count). The first kappa shape index (κ1) is 22.0. The zero-order valence-electron chi connectivity index (χ0n) is 13.1. The van der Waals surface area contributed by atoms with Crippen molar-refractivity contribution in [3.8, 4) is 0 Å². The number of benzene rings is 1. The molecule has 0 bridgehead atoms. The van der Waals surface area contributed by atoms with Crippen LogP contribution in [0, 0.1) is 5.92 Å². The summed E-state index contributed by atoms with van der Waals surface area (Å²) in [7, 11) is 0. The second-order valence-corrected chi connectivity index (χ2v) is 6.26. The standard InChI is InChI=1S/C15H21Cl2N3O2.ClH/c1-9(2)5-11(7-18)20-14(21)8-19-15(22)10-3-4-12(16)13(17)6-10;/h3-4,6,9,11H,5,7-8,18H2,1-2H3,(H,19,22)(H,20,21);1H. The SMILES string of the molecule is CC(C)CC(CN)NC(=O)CNC(=O)c1ccc(Cl)c(Cl)c1.Cl. The molecular weight excluding hydrogens is 361 g/mol. The van der Waals surface area contributed by atoms with Crippen LogP contribution in [0.2, 0.25) is 10.0 Å². The molecule has 0 aromatic heterocycles. The summed E-state index contributed by atoms with van der Waals surface area (Å²) in [6, 6.07) is 4.45. The van der Waals surface area contributed by atoms with Crippen LogP contribution in [-0.4, -0.2) is 30.9 Å². The van der Waals surface area contributed by atoms with Gasteiger partial charge in [-0.25, -0.2) is 0 Å². The number of carbonyl (C=O) groups excluding carboxylic acids is 2. The lowest BCUT2D eigenvalue weighted by atomic mass is 10.0. The van der Waals surface area contributed by atoms with Crippen molar-refractivity contribution in [3.63, 3.8) is 0 Å². The maximum absolute atomic E-state index is 11.9. The third-order valence-electron chi connectivity index (χ3n) is 3.00. The van der Waals surface area contributed by atoms with Crippen molar-refractivity contribution >= 4 is 47.4 Å². The Bertz CT molecular complexity index is 539. The monoisotopic (exact) mass is 381 g/mol. The van der Waals surface area contributed by atoms with Crippen LogP contribution in [0.25, 0.3) is 0 Å². The summed E-state index contributed by atoms with van der Waals surface area (Å²) in [5.74, 6) is -0.231. The molecule has 1 aromatic carbocycles. The van der Waals surface area contributed by atoms with E-state index in [1.54, 1.807) is 6.07 Å². The van der Waals surface area contributed by atoms with E-state index in [2.05, 4.69) is 24.5 Å². The molecule has 0 fully saturated rings. The fraction of sp³-hybridized carbons (Fsp3) is 0.467. The first-order valence-corrected chi connectivity index (χ1v) is 7.81. The van der Waals surface area contributed by atoms with Gasteiger partial charge in [0.05, 0.1) is 16.6 Å². The number of nitrogens with one attached hydrogen (secondary N) is 2. The predicted molar refractivity (Wildman–Crippen MR) is 96.5 cm³/mol. The van der Waals surface area contributed by atoms with Crippen LogP contribution < -0.4 is 16.4 Å². The highest BCUT2D eigenvalue weighted by Crippen LogP contribution is 2.22. The lowest BCUT2D eigenvalue weighted by Gasteiger charge is -2.18. The zero-order valence-corrected chi connectivity index (χ0v) is 15.4. The molecule has 0 aliphatic rings. The van der Waals surface area contributed by atoms with E-state index < -0.39 is 0 Å². The summed E-state index contributed by atoms with van der Waals surface area (Å²) in [5, 5.41) is 6.00. The highest BCUT2D eigenvalue weighted by atomic mass is 35.5. The predicted octanol–water partition coefficient (Wildman–Crippen LogP) is 2.63. The first-order chi connectivity index (χ1) is 10.3. The van der Waals surface area contributed by atoms with Gasteiger partial charge in [0.15, 0.2) is 0 Å². The van der Waals surface area contributed by atoms with Crippen molar-refractivity contribution in [2.45, 2.75) is 26.3 Å². The molecule has 0 heterocycles. The summed E-state index contributed by atoms with van der Waals surface area (Å²) < 4.78 is 0. The molecule has 23 heavy (non-hydrogen) atoms. The number of halogens is 3. The summed E-state index contributed by atoms with van der Waals surface area (Å²) in [6.07, 6.45) is 0.795. The van der Waals surface area contributed by atoms with Crippen LogP contribution in [-0.2, 0) is 4.79 Å². The fourth-order valence-corrected chi connectivity index (χ4v) is 2.26. The smallest absolute Gasteiger partial charge is 0.251 e. The third kappa shape index (κ3) is 7.88. The average Bonchev–Trinajstić information content (AvgIpc) is 2.46. The maximum Gasteiger partial charge on any atom is 0.251 e. The molecule has 4 N–H and O–H groups in total. The number of amides is 2. The Labute approximate surface area is 152 Å². The van der Waals surface area contributed by atoms with Crippen LogP contribution in [0.1, 0.15) is 30.6 Å². The molecule has 8 heteroatoms. The van der Waals surface area contributed by atoms with Gasteiger partial charge in [-0.3, -0.25) is 9.59 Å². The molecule has 0 aliphatic heterocycles. The topological polar surface area (TPSA) is 84.2 Å². The van der Waals surface area contributed by atoms with Crippen LogP contribution in [0.4, 0.5) is 0 Å². The largest absolute Gasteiger partial charge is 0.351 e. The van der Waals surface area contributed by atoms with Gasteiger partial charge in [-0.2, -0.15) is 0 Å². The molecule has 1 unspecified atom stereocenters. The molecule has 2 amide bonds. The molecule has 0 saturated carbocycles. The van der Waals surface area contributed by atoms with E-state index in [1.807, 2.05) is 0 Å². The van der Waals surface area contributed by atoms with Crippen LogP contribution in [0.3, 0.4) is 0 Å². The first-order valence-electron chi connectivity index (χ1n) is 7.06. The number of rotatable bonds is 7. The van der Waals surface area contributed by atoms with Gasteiger partial charge in [-0.1, -0.05) is 37.0 Å². The number of nitrogens with two attached hydrogens (primary N) is 1. The van der Waals surface area contributed by atoms with Gasteiger partial charge in [0, 0.05) is 18.2 Å². The van der Waals surface area contributed by atoms with E-state index in [-0.39, 0.29) is 36.8 Å². The molecular formula is C15H22Cl3N3O2. The third-order valence-corrected chi connectivity index (χ3v) is 3.74. The van der Waals surface area contributed by atoms with Gasteiger partial charge in [0.2, 0.25) is 5.91 Å². The summed E-state index contributed by atoms with van der Waals surface area (Å²) in [5.41, 5.74) is 5.96. The minimum absolute atomic E-state index is 0. The van der Waals surface area contributed by atoms with Crippen molar-refractivity contribution < 1.29 is 9.59 Å². The molecule has 1 aromatic rings. The van der Waals surface area contributed by atoms with Crippen molar-refractivity contribution in [2.75, 3.05) is 13.1 Å². The van der Waals surface area contributed by atoms with E-state index >= 15 is 0 Å². The average molecular weight is 383 g/mol. The molecule has 1 atom stereocenters. The summed E-state index contributed by atoms with van der Waals surface area (Å²) in [4.78, 5) is 23.8. The molecule has 0 saturated heterocycles. The highest BCUT2D eigenvalue weighted by Gasteiger charge is 2.14. The van der Waals surface area contributed by atoms with Gasteiger partial charge in [0.25, 0.3) is 5.91 Å². The molecule has 0 spiro atoms. The van der Waals surface area contributed by atoms with Gasteiger partial charge in [-0.15, -0.1) is 12.4 Å².